The highest BCUT2D eigenvalue weighted by molar-refractivity contribution is 7.90. The molecule has 0 aliphatic rings. The summed E-state index contributed by atoms with van der Waals surface area (Å²) >= 11 is 0. The lowest BCUT2D eigenvalue weighted by Crippen LogP contribution is -2.30. The van der Waals surface area contributed by atoms with Gasteiger partial charge in [0.15, 0.2) is 23.1 Å². The molecule has 0 bridgehead atoms. The van der Waals surface area contributed by atoms with Crippen LogP contribution in [0, 0.1) is 0 Å². The first-order valence-corrected chi connectivity index (χ1v) is 15.2. The number of methoxy groups -OCH3 is 1. The second-order valence-corrected chi connectivity index (χ2v) is 10.6. The van der Waals surface area contributed by atoms with Gasteiger partial charge in [0.1, 0.15) is 19.0 Å². The van der Waals surface area contributed by atoms with Crippen LogP contribution in [0.4, 0.5) is 16.4 Å². The van der Waals surface area contributed by atoms with Crippen molar-refractivity contribution >= 4 is 27.9 Å². The molecule has 0 unspecified atom stereocenters. The second-order valence-electron chi connectivity index (χ2n) is 9.09. The molecule has 5 aromatic rings. The van der Waals surface area contributed by atoms with Crippen molar-refractivity contribution in [1.82, 2.24) is 29.6 Å². The van der Waals surface area contributed by atoms with Crippen molar-refractivity contribution in [2.45, 2.75) is 6.54 Å². The molecule has 0 spiro atoms. The zero-order valence-corrected chi connectivity index (χ0v) is 25.2. The maximum absolute atomic E-state index is 13.2. The van der Waals surface area contributed by atoms with E-state index in [2.05, 4.69) is 39.7 Å². The third kappa shape index (κ3) is 8.84. The number of rotatable bonds is 14. The van der Waals surface area contributed by atoms with Gasteiger partial charge in [0.05, 0.1) is 7.11 Å². The number of hydrogen-bond donors (Lipinski definition) is 3. The molecule has 0 saturated carbocycles. The second kappa shape index (κ2) is 15.2. The number of amides is 1. The maximum Gasteiger partial charge on any atom is 0.412 e. The topological polar surface area (TPSA) is 189 Å². The van der Waals surface area contributed by atoms with Gasteiger partial charge in [0, 0.05) is 25.1 Å². The number of anilines is 2. The Labute approximate surface area is 264 Å². The first kappa shape index (κ1) is 31.6. The predicted molar refractivity (Wildman–Crippen MR) is 167 cm³/mol. The number of carbonyl (C=O) groups is 1. The Morgan fingerprint density at radius 3 is 2.24 bits per heavy atom. The van der Waals surface area contributed by atoms with Crippen LogP contribution in [0.5, 0.6) is 23.1 Å². The molecule has 3 heterocycles. The van der Waals surface area contributed by atoms with Crippen molar-refractivity contribution in [2.75, 3.05) is 30.4 Å². The van der Waals surface area contributed by atoms with Gasteiger partial charge in [0.2, 0.25) is 11.6 Å². The Morgan fingerprint density at radius 2 is 1.50 bits per heavy atom. The van der Waals surface area contributed by atoms with Gasteiger partial charge in [-0.25, -0.2) is 24.7 Å². The standard InChI is InChI=1S/C30H28N8O7S/c1-42-22-12-5-6-13-23(22)45-25-26(38-46(40,41)34-20-21-10-3-2-4-11-21)36-28(27-32-16-9-17-33-27)37-29(25)43-18-19-44-30(39)35-24-14-7-8-15-31-24/h2-17,34H,18-20H2,1H3,(H,31,35,39)(H,36,37,38). The largest absolute Gasteiger partial charge is 0.493 e. The number of nitrogens with zero attached hydrogens (tertiary/aromatic N) is 5. The van der Waals surface area contributed by atoms with E-state index in [1.54, 1.807) is 72.8 Å². The van der Waals surface area contributed by atoms with Gasteiger partial charge in [-0.05, 0) is 35.9 Å². The van der Waals surface area contributed by atoms with E-state index in [0.717, 1.165) is 5.56 Å². The number of aromatic nitrogens is 5. The molecule has 0 aliphatic heterocycles. The summed E-state index contributed by atoms with van der Waals surface area (Å²) in [7, 11) is -2.77. The molecule has 0 atom stereocenters. The van der Waals surface area contributed by atoms with E-state index in [4.69, 9.17) is 18.9 Å². The fourth-order valence-corrected chi connectivity index (χ4v) is 4.63. The highest BCUT2D eigenvalue weighted by atomic mass is 32.2. The summed E-state index contributed by atoms with van der Waals surface area (Å²) in [5, 5.41) is 2.49. The minimum atomic E-state index is -4.23. The normalized spacial score (nSPS) is 10.9. The minimum Gasteiger partial charge on any atom is -0.493 e. The lowest BCUT2D eigenvalue weighted by molar-refractivity contribution is 0.135. The molecule has 1 amide bonds. The molecule has 16 heteroatoms. The van der Waals surface area contributed by atoms with Crippen LogP contribution < -0.4 is 29.0 Å². The molecule has 236 valence electrons. The number of carbonyl (C=O) groups excluding carboxylic acids is 1. The average molecular weight is 645 g/mol. The summed E-state index contributed by atoms with van der Waals surface area (Å²) in [6.45, 7) is -0.421. The van der Waals surface area contributed by atoms with Crippen molar-refractivity contribution < 1.29 is 32.2 Å². The van der Waals surface area contributed by atoms with Crippen molar-refractivity contribution in [1.29, 1.82) is 0 Å². The van der Waals surface area contributed by atoms with Crippen LogP contribution in [-0.2, 0) is 21.5 Å². The van der Waals surface area contributed by atoms with Gasteiger partial charge in [0.25, 0.3) is 5.88 Å². The molecule has 2 aromatic carbocycles. The van der Waals surface area contributed by atoms with Crippen LogP contribution in [0.15, 0.2) is 97.5 Å². The number of para-hydroxylation sites is 2. The minimum absolute atomic E-state index is 0.000128. The van der Waals surface area contributed by atoms with Gasteiger partial charge < -0.3 is 18.9 Å². The molecule has 0 aliphatic carbocycles. The quantitative estimate of drug-likeness (QED) is 0.146. The molecule has 46 heavy (non-hydrogen) atoms. The molecular formula is C30H28N8O7S. The molecule has 3 aromatic heterocycles. The van der Waals surface area contributed by atoms with Crippen molar-refractivity contribution in [3.8, 4) is 34.8 Å². The van der Waals surface area contributed by atoms with Gasteiger partial charge in [-0.15, -0.1) is 0 Å². The molecule has 0 radical (unpaired) electrons. The summed E-state index contributed by atoms with van der Waals surface area (Å²) in [5.41, 5.74) is 0.732. The van der Waals surface area contributed by atoms with Crippen molar-refractivity contribution in [3.05, 3.63) is 103 Å². The summed E-state index contributed by atoms with van der Waals surface area (Å²) in [6, 6.07) is 22.3. The zero-order chi connectivity index (χ0) is 32.2. The first-order chi connectivity index (χ1) is 22.4. The average Bonchev–Trinajstić information content (AvgIpc) is 3.08. The third-order valence-corrected chi connectivity index (χ3v) is 6.86. The van der Waals surface area contributed by atoms with Gasteiger partial charge in [-0.2, -0.15) is 18.1 Å². The van der Waals surface area contributed by atoms with Crippen molar-refractivity contribution in [3.63, 3.8) is 0 Å². The fraction of sp³-hybridized carbons (Fsp3) is 0.133. The smallest absolute Gasteiger partial charge is 0.412 e. The summed E-state index contributed by atoms with van der Waals surface area (Å²) in [5.74, 6) is 0.192. The lowest BCUT2D eigenvalue weighted by atomic mass is 10.2. The van der Waals surface area contributed by atoms with E-state index in [9.17, 15) is 13.2 Å². The number of ether oxygens (including phenoxy) is 4. The molecule has 0 saturated heterocycles. The van der Waals surface area contributed by atoms with Crippen LogP contribution in [0.25, 0.3) is 11.6 Å². The van der Waals surface area contributed by atoms with Crippen LogP contribution in [0.2, 0.25) is 0 Å². The fourth-order valence-electron chi connectivity index (χ4n) is 3.80. The van der Waals surface area contributed by atoms with E-state index >= 15 is 0 Å². The van der Waals surface area contributed by atoms with E-state index in [1.165, 1.54) is 25.7 Å². The highest BCUT2D eigenvalue weighted by Crippen LogP contribution is 2.41. The maximum atomic E-state index is 13.2. The Kier molecular flexibility index (Phi) is 10.4. The van der Waals surface area contributed by atoms with Crippen LogP contribution in [0.1, 0.15) is 5.56 Å². The predicted octanol–water partition coefficient (Wildman–Crippen LogP) is 4.20. The van der Waals surface area contributed by atoms with Crippen LogP contribution in [0.3, 0.4) is 0 Å². The molecule has 15 nitrogen and oxygen atoms in total. The van der Waals surface area contributed by atoms with Crippen LogP contribution in [-0.4, -0.2) is 59.8 Å². The van der Waals surface area contributed by atoms with Gasteiger partial charge in [-0.3, -0.25) is 10.0 Å². The monoisotopic (exact) mass is 644 g/mol. The molecule has 5 rings (SSSR count). The van der Waals surface area contributed by atoms with E-state index in [0.29, 0.717) is 11.6 Å². The Bertz CT molecular complexity index is 1850. The Hall–Kier alpha value is -5.87. The molecule has 3 N–H and O–H groups in total. The third-order valence-electron chi connectivity index (χ3n) is 5.87. The Morgan fingerprint density at radius 1 is 0.783 bits per heavy atom. The highest BCUT2D eigenvalue weighted by Gasteiger charge is 2.25. The summed E-state index contributed by atoms with van der Waals surface area (Å²) < 4.78 is 54.0. The molecular weight excluding hydrogens is 616 g/mol. The van der Waals surface area contributed by atoms with Crippen molar-refractivity contribution in [2.24, 2.45) is 0 Å². The van der Waals surface area contributed by atoms with Gasteiger partial charge >= 0.3 is 16.3 Å². The van der Waals surface area contributed by atoms with Crippen LogP contribution >= 0.6 is 0 Å². The van der Waals surface area contributed by atoms with Gasteiger partial charge in [-0.1, -0.05) is 48.5 Å². The number of benzene rings is 2. The first-order valence-electron chi connectivity index (χ1n) is 13.7. The number of pyridine rings is 1. The van der Waals surface area contributed by atoms with E-state index < -0.39 is 16.3 Å². The lowest BCUT2D eigenvalue weighted by Gasteiger charge is -2.18. The summed E-state index contributed by atoms with van der Waals surface area (Å²) in [6.07, 6.45) is 3.72. The Balaban J connectivity index is 1.45. The molecule has 0 fully saturated rings. The number of nitrogens with one attached hydrogen (secondary N) is 3. The SMILES string of the molecule is COc1ccccc1Oc1c(NS(=O)(=O)NCc2ccccc2)nc(-c2ncccn2)nc1OCCOC(=O)Nc1ccccn1. The van der Waals surface area contributed by atoms with E-state index in [1.807, 2.05) is 6.07 Å². The number of hydrogen-bond acceptors (Lipinski definition) is 12. The van der Waals surface area contributed by atoms with E-state index in [-0.39, 0.29) is 54.6 Å². The zero-order valence-electron chi connectivity index (χ0n) is 24.4. The summed E-state index contributed by atoms with van der Waals surface area (Å²) in [4.78, 5) is 33.4.